The van der Waals surface area contributed by atoms with Gasteiger partial charge < -0.3 is 25.9 Å². The van der Waals surface area contributed by atoms with Crippen molar-refractivity contribution in [3.63, 3.8) is 0 Å². The summed E-state index contributed by atoms with van der Waals surface area (Å²) < 4.78 is 0. The number of aromatic nitrogens is 5. The molecule has 7 N–H and O–H groups in total. The van der Waals surface area contributed by atoms with Crippen LogP contribution in [0.5, 0.6) is 0 Å². The van der Waals surface area contributed by atoms with Crippen LogP contribution < -0.4 is 31.9 Å². The Morgan fingerprint density at radius 2 is 1.70 bits per heavy atom. The lowest BCUT2D eigenvalue weighted by molar-refractivity contribution is 0.348. The van der Waals surface area contributed by atoms with Crippen LogP contribution in [-0.2, 0) is 0 Å². The third-order valence-electron chi connectivity index (χ3n) is 8.15. The molecule has 1 fully saturated rings. The number of nitrogens with one attached hydrogen (secondary N) is 7. The Kier molecular flexibility index (Phi) is 8.26. The van der Waals surface area contributed by atoms with Crippen molar-refractivity contribution in [2.24, 2.45) is 0 Å². The molecule has 0 saturated heterocycles. The fourth-order valence-electron chi connectivity index (χ4n) is 5.93. The molecule has 2 aliphatic rings. The number of hydrogen-bond donors (Lipinski definition) is 7. The van der Waals surface area contributed by atoms with E-state index in [0.717, 1.165) is 59.5 Å². The molecule has 0 atom stereocenters. The van der Waals surface area contributed by atoms with E-state index in [4.69, 9.17) is 4.98 Å². The number of nitrogens with zero attached hydrogens (tertiary/aromatic N) is 4. The molecule has 5 aromatic rings. The van der Waals surface area contributed by atoms with E-state index in [1.807, 2.05) is 53.6 Å². The van der Waals surface area contributed by atoms with Gasteiger partial charge in [0, 0.05) is 36.0 Å². The molecule has 0 radical (unpaired) electrons. The Morgan fingerprint density at radius 3 is 2.48 bits per heavy atom. The molecule has 2 aromatic carbocycles. The number of allylic oxidation sites excluding steroid dienone is 2. The molecule has 11 nitrogen and oxygen atoms in total. The minimum absolute atomic E-state index is 0.381. The normalized spacial score (nSPS) is 15.5. The molecule has 226 valence electrons. The molecule has 2 aliphatic carbocycles. The van der Waals surface area contributed by atoms with Gasteiger partial charge in [-0.2, -0.15) is 5.12 Å². The summed E-state index contributed by atoms with van der Waals surface area (Å²) in [5.74, 6) is 2.02. The van der Waals surface area contributed by atoms with Crippen molar-refractivity contribution >= 4 is 51.5 Å². The quantitative estimate of drug-likeness (QED) is 0.0781. The molecular formula is C33H39N11. The first-order valence-electron chi connectivity index (χ1n) is 15.6. The zero-order valence-corrected chi connectivity index (χ0v) is 24.7. The standard InChI is InChI=1S/C33H39N11/c1-4-12-23(13-5-1)37-26-22-27-30(31(40-32-35-20-21-36-32)29(26)39-28-18-10-11-19-34-28)41-33(38-27)44(42-24-14-6-2-7-15-24)43-25-16-8-3-9-17-25/h1,4-5,10-14,18-22,25,37,42-43H,2-3,6-9,15-17H2,(H,34,39)(H,38,41)(H2,35,36,40). The lowest BCUT2D eigenvalue weighted by Gasteiger charge is -2.32. The van der Waals surface area contributed by atoms with E-state index in [2.05, 4.69) is 58.9 Å². The van der Waals surface area contributed by atoms with Crippen LogP contribution in [0.15, 0.2) is 85.0 Å². The first kappa shape index (κ1) is 27.8. The number of pyridine rings is 1. The van der Waals surface area contributed by atoms with E-state index in [1.54, 1.807) is 18.6 Å². The number of fused-ring (bicyclic) bond motifs is 1. The predicted molar refractivity (Wildman–Crippen MR) is 177 cm³/mol. The maximum atomic E-state index is 5.20. The average molecular weight is 590 g/mol. The molecule has 3 heterocycles. The van der Waals surface area contributed by atoms with Gasteiger partial charge in [-0.1, -0.05) is 49.6 Å². The summed E-state index contributed by atoms with van der Waals surface area (Å²) in [6, 6.07) is 18.4. The van der Waals surface area contributed by atoms with Crippen LogP contribution in [0.3, 0.4) is 0 Å². The van der Waals surface area contributed by atoms with Crippen molar-refractivity contribution < 1.29 is 0 Å². The average Bonchev–Trinajstić information content (AvgIpc) is 3.75. The van der Waals surface area contributed by atoms with Crippen LogP contribution in [0, 0.1) is 0 Å². The lowest BCUT2D eigenvalue weighted by atomic mass is 9.96. The van der Waals surface area contributed by atoms with Crippen LogP contribution in [0.4, 0.5) is 40.5 Å². The van der Waals surface area contributed by atoms with Gasteiger partial charge >= 0.3 is 0 Å². The zero-order chi connectivity index (χ0) is 29.6. The molecule has 0 amide bonds. The highest BCUT2D eigenvalue weighted by atomic mass is 15.8. The third kappa shape index (κ3) is 6.47. The largest absolute Gasteiger partial charge is 0.354 e. The van der Waals surface area contributed by atoms with Crippen molar-refractivity contribution in [3.8, 4) is 0 Å². The van der Waals surface area contributed by atoms with E-state index in [-0.39, 0.29) is 0 Å². The number of anilines is 7. The molecule has 3 aromatic heterocycles. The molecule has 7 rings (SSSR count). The maximum absolute atomic E-state index is 5.20. The topological polar surface area (TPSA) is 134 Å². The molecule has 1 saturated carbocycles. The summed E-state index contributed by atoms with van der Waals surface area (Å²) >= 11 is 0. The van der Waals surface area contributed by atoms with Gasteiger partial charge in [0.15, 0.2) is 0 Å². The van der Waals surface area contributed by atoms with E-state index in [1.165, 1.54) is 37.8 Å². The van der Waals surface area contributed by atoms with Gasteiger partial charge in [-0.25, -0.2) is 20.4 Å². The second-order valence-electron chi connectivity index (χ2n) is 11.4. The Hall–Kier alpha value is -5.03. The van der Waals surface area contributed by atoms with E-state index in [9.17, 15) is 0 Å². The highest BCUT2D eigenvalue weighted by molar-refractivity contribution is 6.05. The molecule has 0 unspecified atom stereocenters. The van der Waals surface area contributed by atoms with Gasteiger partial charge in [0.1, 0.15) is 11.3 Å². The van der Waals surface area contributed by atoms with Crippen molar-refractivity contribution in [2.45, 2.75) is 63.8 Å². The molecule has 0 bridgehead atoms. The Labute approximate surface area is 256 Å². The second-order valence-corrected chi connectivity index (χ2v) is 11.4. The highest BCUT2D eigenvalue weighted by Gasteiger charge is 2.24. The van der Waals surface area contributed by atoms with Crippen LogP contribution >= 0.6 is 0 Å². The zero-order valence-electron chi connectivity index (χ0n) is 24.7. The van der Waals surface area contributed by atoms with Crippen molar-refractivity contribution in [2.75, 3.05) is 21.1 Å². The van der Waals surface area contributed by atoms with Crippen LogP contribution in [-0.4, -0.2) is 31.0 Å². The summed E-state index contributed by atoms with van der Waals surface area (Å²) in [5, 5.41) is 12.7. The Bertz CT molecular complexity index is 1670. The first-order valence-corrected chi connectivity index (χ1v) is 15.6. The summed E-state index contributed by atoms with van der Waals surface area (Å²) in [6.07, 6.45) is 18.2. The Balaban J connectivity index is 1.35. The number of hydrogen-bond acceptors (Lipinski definition) is 9. The minimum atomic E-state index is 0.381. The minimum Gasteiger partial charge on any atom is -0.354 e. The van der Waals surface area contributed by atoms with Crippen molar-refractivity contribution in [3.05, 3.63) is 85.0 Å². The fourth-order valence-corrected chi connectivity index (χ4v) is 5.93. The molecule has 0 aliphatic heterocycles. The monoisotopic (exact) mass is 589 g/mol. The first-order chi connectivity index (χ1) is 21.8. The maximum Gasteiger partial charge on any atom is 0.238 e. The highest BCUT2D eigenvalue weighted by Crippen LogP contribution is 2.42. The van der Waals surface area contributed by atoms with Gasteiger partial charge in [-0.05, 0) is 68.9 Å². The van der Waals surface area contributed by atoms with Gasteiger partial charge in [-0.3, -0.25) is 5.43 Å². The van der Waals surface area contributed by atoms with Crippen molar-refractivity contribution in [1.29, 1.82) is 0 Å². The van der Waals surface area contributed by atoms with E-state index < -0.39 is 0 Å². The summed E-state index contributed by atoms with van der Waals surface area (Å²) in [5.41, 5.74) is 13.7. The SMILES string of the molecule is C1=C(NN(NC2CCCCC2)c2nc3c(Nc4ncc[nH]4)c(Nc4ccccn4)c(Nc4ccccc4)cc3[nH]2)CCCC1. The van der Waals surface area contributed by atoms with E-state index >= 15 is 0 Å². The lowest BCUT2D eigenvalue weighted by Crippen LogP contribution is -2.53. The van der Waals surface area contributed by atoms with Gasteiger partial charge in [0.05, 0.1) is 22.6 Å². The van der Waals surface area contributed by atoms with Gasteiger partial charge in [-0.15, -0.1) is 0 Å². The Morgan fingerprint density at radius 1 is 0.818 bits per heavy atom. The number of imidazole rings is 2. The number of hydrazine groups is 2. The van der Waals surface area contributed by atoms with Gasteiger partial charge in [0.2, 0.25) is 11.9 Å². The fraction of sp³-hybridized carbons (Fsp3) is 0.303. The summed E-state index contributed by atoms with van der Waals surface area (Å²) in [6.45, 7) is 0. The van der Waals surface area contributed by atoms with Gasteiger partial charge in [0.25, 0.3) is 0 Å². The summed E-state index contributed by atoms with van der Waals surface area (Å²) in [4.78, 5) is 21.0. The number of aromatic amines is 2. The second kappa shape index (κ2) is 13.1. The number of benzene rings is 2. The smallest absolute Gasteiger partial charge is 0.238 e. The molecule has 0 spiro atoms. The van der Waals surface area contributed by atoms with E-state index in [0.29, 0.717) is 23.8 Å². The summed E-state index contributed by atoms with van der Waals surface area (Å²) in [7, 11) is 0. The van der Waals surface area contributed by atoms with Crippen LogP contribution in [0.1, 0.15) is 57.8 Å². The third-order valence-corrected chi connectivity index (χ3v) is 8.15. The molecular weight excluding hydrogens is 550 g/mol. The molecule has 44 heavy (non-hydrogen) atoms. The number of H-pyrrole nitrogens is 2. The predicted octanol–water partition coefficient (Wildman–Crippen LogP) is 7.52. The molecule has 11 heteroatoms. The van der Waals surface area contributed by atoms with Crippen molar-refractivity contribution in [1.82, 2.24) is 35.8 Å². The van der Waals surface area contributed by atoms with Crippen LogP contribution in [0.25, 0.3) is 11.0 Å². The number of para-hydroxylation sites is 1. The number of rotatable bonds is 11. The van der Waals surface area contributed by atoms with Crippen LogP contribution in [0.2, 0.25) is 0 Å².